The van der Waals surface area contributed by atoms with Gasteiger partial charge < -0.3 is 21.5 Å². The average molecular weight is 244 g/mol. The van der Waals surface area contributed by atoms with Crippen molar-refractivity contribution in [1.82, 2.24) is 10.3 Å². The lowest BCUT2D eigenvalue weighted by Crippen LogP contribution is -2.33. The SMILES string of the molecule is CNc1nc(N)c(C(=O)NC(C)CCO)s1. The van der Waals surface area contributed by atoms with Gasteiger partial charge in [-0.25, -0.2) is 4.98 Å². The molecule has 1 rings (SSSR count). The third-order valence-corrected chi connectivity index (χ3v) is 3.10. The Morgan fingerprint density at radius 2 is 2.38 bits per heavy atom. The molecular weight excluding hydrogens is 228 g/mol. The summed E-state index contributed by atoms with van der Waals surface area (Å²) in [4.78, 5) is 16.1. The summed E-state index contributed by atoms with van der Waals surface area (Å²) in [6, 6.07) is -0.0861. The van der Waals surface area contributed by atoms with Gasteiger partial charge in [-0.2, -0.15) is 0 Å². The molecule has 1 heterocycles. The fourth-order valence-electron chi connectivity index (χ4n) is 1.16. The zero-order chi connectivity index (χ0) is 12.1. The monoisotopic (exact) mass is 244 g/mol. The minimum Gasteiger partial charge on any atom is -0.396 e. The molecule has 16 heavy (non-hydrogen) atoms. The second kappa shape index (κ2) is 5.66. The van der Waals surface area contributed by atoms with E-state index in [1.165, 1.54) is 11.3 Å². The summed E-state index contributed by atoms with van der Waals surface area (Å²) in [6.45, 7) is 1.87. The molecule has 0 saturated carbocycles. The Morgan fingerprint density at radius 3 is 2.88 bits per heavy atom. The summed E-state index contributed by atoms with van der Waals surface area (Å²) in [5.74, 6) is -0.0273. The van der Waals surface area contributed by atoms with Crippen LogP contribution in [0.5, 0.6) is 0 Å². The van der Waals surface area contributed by atoms with Crippen LogP contribution in [0.3, 0.4) is 0 Å². The summed E-state index contributed by atoms with van der Waals surface area (Å²) in [7, 11) is 1.72. The van der Waals surface area contributed by atoms with Gasteiger partial charge in [-0.3, -0.25) is 4.79 Å². The van der Waals surface area contributed by atoms with E-state index in [-0.39, 0.29) is 24.4 Å². The minimum atomic E-state index is -0.252. The molecule has 7 heteroatoms. The van der Waals surface area contributed by atoms with Crippen LogP contribution >= 0.6 is 11.3 Å². The molecule has 1 aromatic heterocycles. The van der Waals surface area contributed by atoms with E-state index in [2.05, 4.69) is 15.6 Å². The molecule has 0 aliphatic carbocycles. The molecule has 90 valence electrons. The highest BCUT2D eigenvalue weighted by atomic mass is 32.1. The van der Waals surface area contributed by atoms with E-state index < -0.39 is 0 Å². The summed E-state index contributed by atoms with van der Waals surface area (Å²) in [5, 5.41) is 14.9. The van der Waals surface area contributed by atoms with Gasteiger partial charge in [-0.15, -0.1) is 0 Å². The number of nitrogen functional groups attached to an aromatic ring is 1. The van der Waals surface area contributed by atoms with E-state index in [4.69, 9.17) is 10.8 Å². The number of hydrogen-bond acceptors (Lipinski definition) is 6. The van der Waals surface area contributed by atoms with Gasteiger partial charge in [-0.1, -0.05) is 11.3 Å². The molecule has 0 spiro atoms. The summed E-state index contributed by atoms with van der Waals surface area (Å²) >= 11 is 1.21. The van der Waals surface area contributed by atoms with Gasteiger partial charge in [0.2, 0.25) is 0 Å². The van der Waals surface area contributed by atoms with Crippen LogP contribution in [-0.4, -0.2) is 35.7 Å². The number of amides is 1. The van der Waals surface area contributed by atoms with Crippen molar-refractivity contribution < 1.29 is 9.90 Å². The maximum Gasteiger partial charge on any atom is 0.265 e. The van der Waals surface area contributed by atoms with E-state index in [1.54, 1.807) is 7.05 Å². The minimum absolute atomic E-state index is 0.0430. The van der Waals surface area contributed by atoms with Crippen LogP contribution < -0.4 is 16.4 Å². The Morgan fingerprint density at radius 1 is 1.69 bits per heavy atom. The first kappa shape index (κ1) is 12.7. The molecule has 1 atom stereocenters. The molecule has 5 N–H and O–H groups in total. The number of aliphatic hydroxyl groups excluding tert-OH is 1. The van der Waals surface area contributed by atoms with Crippen molar-refractivity contribution in [2.45, 2.75) is 19.4 Å². The molecule has 1 aromatic rings. The molecule has 0 aliphatic rings. The highest BCUT2D eigenvalue weighted by molar-refractivity contribution is 7.18. The molecule has 0 bridgehead atoms. The molecular formula is C9H16N4O2S. The van der Waals surface area contributed by atoms with E-state index in [9.17, 15) is 4.79 Å². The lowest BCUT2D eigenvalue weighted by Gasteiger charge is -2.11. The third-order valence-electron chi connectivity index (χ3n) is 2.01. The van der Waals surface area contributed by atoms with E-state index >= 15 is 0 Å². The molecule has 6 nitrogen and oxygen atoms in total. The van der Waals surface area contributed by atoms with Gasteiger partial charge in [0, 0.05) is 19.7 Å². The fraction of sp³-hybridized carbons (Fsp3) is 0.556. The first-order valence-electron chi connectivity index (χ1n) is 4.94. The summed E-state index contributed by atoms with van der Waals surface area (Å²) in [5.41, 5.74) is 5.62. The van der Waals surface area contributed by atoms with E-state index in [0.717, 1.165) is 0 Å². The first-order valence-corrected chi connectivity index (χ1v) is 5.76. The molecule has 0 aromatic carbocycles. The number of thiazole rings is 1. The zero-order valence-corrected chi connectivity index (χ0v) is 10.1. The Labute approximate surface area is 97.9 Å². The van der Waals surface area contributed by atoms with Crippen molar-refractivity contribution in [1.29, 1.82) is 0 Å². The number of nitrogens with one attached hydrogen (secondary N) is 2. The van der Waals surface area contributed by atoms with Gasteiger partial charge in [0.25, 0.3) is 5.91 Å². The number of hydrogen-bond donors (Lipinski definition) is 4. The lowest BCUT2D eigenvalue weighted by molar-refractivity contribution is 0.0939. The predicted molar refractivity (Wildman–Crippen MR) is 64.7 cm³/mol. The number of aliphatic hydroxyl groups is 1. The topological polar surface area (TPSA) is 100 Å². The average Bonchev–Trinajstić information content (AvgIpc) is 2.60. The molecule has 1 unspecified atom stereocenters. The standard InChI is InChI=1S/C9H16N4O2S/c1-5(3-4-14)12-8(15)6-7(10)13-9(11-2)16-6/h5,14H,3-4,10H2,1-2H3,(H,11,13)(H,12,15). The Kier molecular flexibility index (Phi) is 4.51. The molecule has 0 aliphatic heterocycles. The van der Waals surface area contributed by atoms with Crippen LogP contribution in [0.2, 0.25) is 0 Å². The first-order chi connectivity index (χ1) is 7.58. The third kappa shape index (κ3) is 3.07. The Balaban J connectivity index is 2.68. The van der Waals surface area contributed by atoms with Crippen molar-refractivity contribution in [3.8, 4) is 0 Å². The maximum absolute atomic E-state index is 11.7. The number of aromatic nitrogens is 1. The van der Waals surface area contributed by atoms with Crippen LogP contribution in [0.1, 0.15) is 23.0 Å². The lowest BCUT2D eigenvalue weighted by atomic mass is 10.2. The zero-order valence-electron chi connectivity index (χ0n) is 9.28. The number of rotatable bonds is 5. The Hall–Kier alpha value is -1.34. The number of nitrogens with two attached hydrogens (primary N) is 1. The second-order valence-electron chi connectivity index (χ2n) is 3.37. The number of carbonyl (C=O) groups excluding carboxylic acids is 1. The van der Waals surface area contributed by atoms with Crippen LogP contribution in [-0.2, 0) is 0 Å². The number of anilines is 2. The molecule has 0 fully saturated rings. The highest BCUT2D eigenvalue weighted by Gasteiger charge is 2.17. The Bertz CT molecular complexity index is 366. The smallest absolute Gasteiger partial charge is 0.265 e. The van der Waals surface area contributed by atoms with Gasteiger partial charge in [-0.05, 0) is 13.3 Å². The fourth-order valence-corrected chi connectivity index (χ4v) is 1.90. The summed E-state index contributed by atoms with van der Waals surface area (Å²) < 4.78 is 0. The largest absolute Gasteiger partial charge is 0.396 e. The van der Waals surface area contributed by atoms with E-state index in [1.807, 2.05) is 6.92 Å². The molecule has 0 radical (unpaired) electrons. The maximum atomic E-state index is 11.7. The second-order valence-corrected chi connectivity index (χ2v) is 4.37. The predicted octanol–water partition coefficient (Wildman–Crippen LogP) is 0.268. The molecule has 1 amide bonds. The van der Waals surface area contributed by atoms with Crippen LogP contribution in [0.15, 0.2) is 0 Å². The number of carbonyl (C=O) groups is 1. The van der Waals surface area contributed by atoms with Crippen molar-refractivity contribution in [3.05, 3.63) is 4.88 Å². The normalized spacial score (nSPS) is 12.2. The molecule has 0 saturated heterocycles. The quantitative estimate of drug-likeness (QED) is 0.595. The number of nitrogens with zero attached hydrogens (tertiary/aromatic N) is 1. The van der Waals surface area contributed by atoms with Gasteiger partial charge >= 0.3 is 0 Å². The van der Waals surface area contributed by atoms with Crippen LogP contribution in [0, 0.1) is 0 Å². The van der Waals surface area contributed by atoms with Crippen LogP contribution in [0.25, 0.3) is 0 Å². The van der Waals surface area contributed by atoms with Gasteiger partial charge in [0.05, 0.1) is 0 Å². The highest BCUT2D eigenvalue weighted by Crippen LogP contribution is 2.24. The van der Waals surface area contributed by atoms with E-state index in [0.29, 0.717) is 16.4 Å². The van der Waals surface area contributed by atoms with Crippen LogP contribution in [0.4, 0.5) is 10.9 Å². The van der Waals surface area contributed by atoms with Crippen molar-refractivity contribution >= 4 is 28.2 Å². The van der Waals surface area contributed by atoms with Crippen molar-refractivity contribution in [2.75, 3.05) is 24.7 Å². The summed E-state index contributed by atoms with van der Waals surface area (Å²) in [6.07, 6.45) is 0.517. The van der Waals surface area contributed by atoms with Gasteiger partial charge in [0.15, 0.2) is 5.13 Å². The van der Waals surface area contributed by atoms with Gasteiger partial charge in [0.1, 0.15) is 10.7 Å². The van der Waals surface area contributed by atoms with Crippen molar-refractivity contribution in [3.63, 3.8) is 0 Å². The van der Waals surface area contributed by atoms with Crippen molar-refractivity contribution in [2.24, 2.45) is 0 Å².